The van der Waals surface area contributed by atoms with Crippen LogP contribution in [-0.4, -0.2) is 97.5 Å². The molecule has 12 nitrogen and oxygen atoms in total. The quantitative estimate of drug-likeness (QED) is 0.0915. The van der Waals surface area contributed by atoms with Crippen LogP contribution in [0, 0.1) is 0 Å². The van der Waals surface area contributed by atoms with Gasteiger partial charge in [-0.25, -0.2) is 4.18 Å². The first-order chi connectivity index (χ1) is 17.6. The summed E-state index contributed by atoms with van der Waals surface area (Å²) in [5.74, 6) is -0.488. The normalized spacial score (nSPS) is 25.2. The lowest BCUT2D eigenvalue weighted by atomic mass is 9.99. The summed E-state index contributed by atoms with van der Waals surface area (Å²) < 4.78 is 57.2. The number of ether oxygens (including phenoxy) is 4. The summed E-state index contributed by atoms with van der Waals surface area (Å²) in [6, 6.07) is 0. The minimum atomic E-state index is -5.03. The predicted octanol–water partition coefficient (Wildman–Crippen LogP) is 1.89. The third-order valence-electron chi connectivity index (χ3n) is 6.03. The van der Waals surface area contributed by atoms with Gasteiger partial charge in [0.15, 0.2) is 6.29 Å². The van der Waals surface area contributed by atoms with E-state index in [1.54, 1.807) is 6.92 Å². The lowest BCUT2D eigenvalue weighted by Gasteiger charge is -2.41. The fourth-order valence-corrected chi connectivity index (χ4v) is 4.45. The topological polar surface area (TPSA) is 178 Å². The molecule has 0 bridgehead atoms. The zero-order valence-electron chi connectivity index (χ0n) is 22.0. The van der Waals surface area contributed by atoms with Crippen molar-refractivity contribution in [3.05, 3.63) is 0 Å². The smallest absolute Gasteiger partial charge is 0.397 e. The van der Waals surface area contributed by atoms with E-state index in [0.717, 1.165) is 19.3 Å². The molecule has 0 saturated carbocycles. The standard InChI is InChI=1S/C24H46O12S/c1-3-5-6-7-8-9-10-11-12-13-14-32-16-18(34-20(26)4-2)17-33-24-22(28)23(36-37(29,30)31)21(27)19(15-25)35-24/h18-19,21-25,27-28H,3-17H2,1-2H3,(H,29,30,31). The first kappa shape index (κ1) is 34.1. The maximum Gasteiger partial charge on any atom is 0.397 e. The summed E-state index contributed by atoms with van der Waals surface area (Å²) in [6.45, 7) is 3.32. The average Bonchev–Trinajstić information content (AvgIpc) is 2.85. The van der Waals surface area contributed by atoms with Crippen molar-refractivity contribution in [3.8, 4) is 0 Å². The Labute approximate surface area is 220 Å². The second-order valence-electron chi connectivity index (χ2n) is 9.25. The summed E-state index contributed by atoms with van der Waals surface area (Å²) in [5.41, 5.74) is 0. The number of aliphatic hydroxyl groups excluding tert-OH is 3. The van der Waals surface area contributed by atoms with E-state index < -0.39 is 59.8 Å². The molecular weight excluding hydrogens is 512 g/mol. The molecule has 1 fully saturated rings. The highest BCUT2D eigenvalue weighted by Gasteiger charge is 2.47. The van der Waals surface area contributed by atoms with Gasteiger partial charge in [0.1, 0.15) is 30.5 Å². The lowest BCUT2D eigenvalue weighted by molar-refractivity contribution is -0.301. The minimum Gasteiger partial charge on any atom is -0.457 e. The van der Waals surface area contributed by atoms with Gasteiger partial charge in [0.25, 0.3) is 0 Å². The van der Waals surface area contributed by atoms with Crippen molar-refractivity contribution in [1.29, 1.82) is 0 Å². The molecule has 0 aromatic carbocycles. The zero-order valence-corrected chi connectivity index (χ0v) is 22.9. The van der Waals surface area contributed by atoms with Crippen molar-refractivity contribution in [2.24, 2.45) is 0 Å². The van der Waals surface area contributed by atoms with Crippen LogP contribution in [0.1, 0.15) is 84.5 Å². The summed E-state index contributed by atoms with van der Waals surface area (Å²) >= 11 is 0. The van der Waals surface area contributed by atoms with Crippen LogP contribution in [0.25, 0.3) is 0 Å². The fourth-order valence-electron chi connectivity index (χ4n) is 3.94. The van der Waals surface area contributed by atoms with Gasteiger partial charge in [-0.05, 0) is 6.42 Å². The van der Waals surface area contributed by atoms with Crippen molar-refractivity contribution in [2.75, 3.05) is 26.4 Å². The lowest BCUT2D eigenvalue weighted by Crippen LogP contribution is -2.60. The van der Waals surface area contributed by atoms with Gasteiger partial charge in [-0.3, -0.25) is 9.35 Å². The third-order valence-corrected chi connectivity index (χ3v) is 6.50. The molecule has 6 unspecified atom stereocenters. The number of hydrogen-bond acceptors (Lipinski definition) is 11. The summed E-state index contributed by atoms with van der Waals surface area (Å²) in [6.07, 6.45) is 2.86. The van der Waals surface area contributed by atoms with Crippen LogP contribution >= 0.6 is 0 Å². The molecule has 0 amide bonds. The number of unbranched alkanes of at least 4 members (excludes halogenated alkanes) is 9. The molecule has 1 rings (SSSR count). The van der Waals surface area contributed by atoms with Crippen LogP contribution in [-0.2, 0) is 38.3 Å². The Morgan fingerprint density at radius 2 is 1.51 bits per heavy atom. The molecule has 13 heteroatoms. The highest BCUT2D eigenvalue weighted by atomic mass is 32.3. The largest absolute Gasteiger partial charge is 0.457 e. The van der Waals surface area contributed by atoms with E-state index in [1.165, 1.54) is 44.9 Å². The molecule has 1 aliphatic rings. The second kappa shape index (κ2) is 19.2. The molecule has 0 aliphatic carbocycles. The third kappa shape index (κ3) is 14.7. The monoisotopic (exact) mass is 558 g/mol. The first-order valence-electron chi connectivity index (χ1n) is 13.3. The molecular formula is C24H46O12S. The molecule has 0 spiro atoms. The van der Waals surface area contributed by atoms with Crippen molar-refractivity contribution in [3.63, 3.8) is 0 Å². The molecule has 6 atom stereocenters. The highest BCUT2D eigenvalue weighted by molar-refractivity contribution is 7.80. The molecule has 1 heterocycles. The van der Waals surface area contributed by atoms with Crippen molar-refractivity contribution < 1.29 is 56.2 Å². The maximum atomic E-state index is 11.8. The van der Waals surface area contributed by atoms with Crippen LogP contribution in [0.3, 0.4) is 0 Å². The Morgan fingerprint density at radius 3 is 2.05 bits per heavy atom. The fraction of sp³-hybridized carbons (Fsp3) is 0.958. The predicted molar refractivity (Wildman–Crippen MR) is 133 cm³/mol. The van der Waals surface area contributed by atoms with Crippen molar-refractivity contribution in [2.45, 2.75) is 121 Å². The van der Waals surface area contributed by atoms with Crippen LogP contribution in [0.2, 0.25) is 0 Å². The van der Waals surface area contributed by atoms with Gasteiger partial charge in [-0.2, -0.15) is 8.42 Å². The van der Waals surface area contributed by atoms with E-state index in [2.05, 4.69) is 11.1 Å². The average molecular weight is 559 g/mol. The van der Waals surface area contributed by atoms with Gasteiger partial charge >= 0.3 is 16.4 Å². The van der Waals surface area contributed by atoms with Gasteiger partial charge in [0.05, 0.1) is 19.8 Å². The minimum absolute atomic E-state index is 0.0307. The van der Waals surface area contributed by atoms with Gasteiger partial charge in [0, 0.05) is 13.0 Å². The Hall–Kier alpha value is -0.900. The summed E-state index contributed by atoms with van der Waals surface area (Å²) in [5, 5.41) is 29.9. The van der Waals surface area contributed by atoms with Crippen molar-refractivity contribution in [1.82, 2.24) is 0 Å². The molecule has 0 aromatic rings. The van der Waals surface area contributed by atoms with Gasteiger partial charge in [-0.15, -0.1) is 0 Å². The van der Waals surface area contributed by atoms with E-state index in [4.69, 9.17) is 23.5 Å². The van der Waals surface area contributed by atoms with E-state index >= 15 is 0 Å². The molecule has 1 saturated heterocycles. The van der Waals surface area contributed by atoms with Gasteiger partial charge < -0.3 is 34.3 Å². The Balaban J connectivity index is 2.46. The first-order valence-corrected chi connectivity index (χ1v) is 14.7. The van der Waals surface area contributed by atoms with Crippen LogP contribution < -0.4 is 0 Å². The number of carbonyl (C=O) groups is 1. The second-order valence-corrected chi connectivity index (χ2v) is 10.3. The van der Waals surface area contributed by atoms with Crippen LogP contribution in [0.4, 0.5) is 0 Å². The molecule has 4 N–H and O–H groups in total. The number of carbonyl (C=O) groups excluding carboxylic acids is 1. The van der Waals surface area contributed by atoms with E-state index in [1.807, 2.05) is 0 Å². The number of rotatable bonds is 21. The Kier molecular flexibility index (Phi) is 17.7. The SMILES string of the molecule is CCCCCCCCCCCCOCC(COC1OC(CO)C(O)C(OS(=O)(=O)O)C1O)OC(=O)CC. The summed E-state index contributed by atoms with van der Waals surface area (Å²) in [4.78, 5) is 11.8. The maximum absolute atomic E-state index is 11.8. The highest BCUT2D eigenvalue weighted by Crippen LogP contribution is 2.25. The Bertz CT molecular complexity index is 704. The molecule has 0 aromatic heterocycles. The number of aliphatic hydroxyl groups is 3. The van der Waals surface area contributed by atoms with E-state index in [0.29, 0.717) is 6.61 Å². The molecule has 37 heavy (non-hydrogen) atoms. The Morgan fingerprint density at radius 1 is 0.919 bits per heavy atom. The molecule has 220 valence electrons. The molecule has 1 aliphatic heterocycles. The van der Waals surface area contributed by atoms with E-state index in [9.17, 15) is 28.5 Å². The molecule has 0 radical (unpaired) electrons. The van der Waals surface area contributed by atoms with Gasteiger partial charge in [0.2, 0.25) is 0 Å². The van der Waals surface area contributed by atoms with Crippen molar-refractivity contribution >= 4 is 16.4 Å². The van der Waals surface area contributed by atoms with Gasteiger partial charge in [-0.1, -0.05) is 71.6 Å². The number of esters is 1. The van der Waals surface area contributed by atoms with Crippen LogP contribution in [0.5, 0.6) is 0 Å². The van der Waals surface area contributed by atoms with Crippen LogP contribution in [0.15, 0.2) is 0 Å². The van der Waals surface area contributed by atoms with E-state index in [-0.39, 0.29) is 19.6 Å². The zero-order chi connectivity index (χ0) is 27.7. The number of hydrogen-bond donors (Lipinski definition) is 4. The summed E-state index contributed by atoms with van der Waals surface area (Å²) in [7, 11) is -5.03.